The molecule has 0 aliphatic heterocycles. The van der Waals surface area contributed by atoms with Crippen LogP contribution in [0.3, 0.4) is 0 Å². The summed E-state index contributed by atoms with van der Waals surface area (Å²) in [5.74, 6) is 0. The highest BCUT2D eigenvalue weighted by molar-refractivity contribution is 5.55. The van der Waals surface area contributed by atoms with Crippen LogP contribution in [0, 0.1) is 0 Å². The summed E-state index contributed by atoms with van der Waals surface area (Å²) in [7, 11) is 0. The smallest absolute Gasteiger partial charge is 0.150 e. The number of aliphatic hydroxyl groups excluding tert-OH is 1. The topological polar surface area (TPSA) is 46.5 Å². The molecule has 0 aliphatic carbocycles. The van der Waals surface area contributed by atoms with Crippen molar-refractivity contribution < 1.29 is 14.6 Å². The summed E-state index contributed by atoms with van der Waals surface area (Å²) in [4.78, 5) is 9.79. The molecule has 54 valence electrons. The van der Waals surface area contributed by atoms with Crippen molar-refractivity contribution in [3.63, 3.8) is 0 Å². The van der Waals surface area contributed by atoms with Crippen molar-refractivity contribution >= 4 is 6.29 Å². The molecule has 3 nitrogen and oxygen atoms in total. The number of aldehydes is 1. The second-order valence-electron chi connectivity index (χ2n) is 2.09. The first-order valence-electron chi connectivity index (χ1n) is 2.91. The van der Waals surface area contributed by atoms with Gasteiger partial charge in [0, 0.05) is 0 Å². The average Bonchev–Trinajstić information content (AvgIpc) is 1.83. The number of hydrogen-bond acceptors (Lipinski definition) is 3. The van der Waals surface area contributed by atoms with E-state index < -0.39 is 6.10 Å². The highest BCUT2D eigenvalue weighted by Crippen LogP contribution is 1.88. The average molecular weight is 132 g/mol. The summed E-state index contributed by atoms with van der Waals surface area (Å²) in [5.41, 5.74) is 0. The number of carbonyl (C=O) groups excluding carboxylic acids is 1. The van der Waals surface area contributed by atoms with E-state index in [0.717, 1.165) is 0 Å². The second-order valence-corrected chi connectivity index (χ2v) is 2.09. The molecule has 3 heteroatoms. The predicted molar refractivity (Wildman–Crippen MR) is 33.2 cm³/mol. The molecule has 0 saturated carbocycles. The van der Waals surface area contributed by atoms with E-state index in [-0.39, 0.29) is 12.7 Å². The van der Waals surface area contributed by atoms with Crippen LogP contribution in [0.5, 0.6) is 0 Å². The van der Waals surface area contributed by atoms with E-state index >= 15 is 0 Å². The van der Waals surface area contributed by atoms with Gasteiger partial charge in [-0.05, 0) is 13.8 Å². The number of ether oxygens (including phenoxy) is 1. The zero-order valence-electron chi connectivity index (χ0n) is 5.70. The van der Waals surface area contributed by atoms with E-state index in [1.807, 2.05) is 13.8 Å². The molecule has 1 atom stereocenters. The Labute approximate surface area is 54.6 Å². The van der Waals surface area contributed by atoms with Crippen molar-refractivity contribution in [1.29, 1.82) is 0 Å². The molecule has 0 spiro atoms. The lowest BCUT2D eigenvalue weighted by molar-refractivity contribution is -0.118. The van der Waals surface area contributed by atoms with E-state index in [4.69, 9.17) is 9.84 Å². The summed E-state index contributed by atoms with van der Waals surface area (Å²) in [6, 6.07) is 0. The number of aliphatic hydroxyl groups is 1. The minimum Gasteiger partial charge on any atom is -0.383 e. The Hall–Kier alpha value is -0.410. The molecular formula is C6H12O3. The van der Waals surface area contributed by atoms with Crippen molar-refractivity contribution in [1.82, 2.24) is 0 Å². The quantitative estimate of drug-likeness (QED) is 0.546. The Morgan fingerprint density at radius 2 is 2.22 bits per heavy atom. The standard InChI is InChI=1S/C6H12O3/c1-5(2)9-4-6(8)3-7/h3,5-6,8H,4H2,1-2H3. The third-order valence-corrected chi connectivity index (χ3v) is 0.757. The third kappa shape index (κ3) is 5.46. The molecule has 0 radical (unpaired) electrons. The summed E-state index contributed by atoms with van der Waals surface area (Å²) in [6.45, 7) is 3.79. The molecule has 1 unspecified atom stereocenters. The van der Waals surface area contributed by atoms with Crippen LogP contribution < -0.4 is 0 Å². The third-order valence-electron chi connectivity index (χ3n) is 0.757. The zero-order valence-corrected chi connectivity index (χ0v) is 5.70. The molecule has 0 bridgehead atoms. The molecule has 0 fully saturated rings. The van der Waals surface area contributed by atoms with Crippen LogP contribution in [-0.4, -0.2) is 30.2 Å². The van der Waals surface area contributed by atoms with Crippen LogP contribution in [0.4, 0.5) is 0 Å². The van der Waals surface area contributed by atoms with Crippen LogP contribution in [0.25, 0.3) is 0 Å². The largest absolute Gasteiger partial charge is 0.383 e. The van der Waals surface area contributed by atoms with Crippen LogP contribution in [0.15, 0.2) is 0 Å². The molecule has 0 saturated heterocycles. The van der Waals surface area contributed by atoms with E-state index in [2.05, 4.69) is 0 Å². The minimum absolute atomic E-state index is 0.0691. The van der Waals surface area contributed by atoms with Gasteiger partial charge in [-0.15, -0.1) is 0 Å². The maximum absolute atomic E-state index is 9.79. The van der Waals surface area contributed by atoms with Gasteiger partial charge in [-0.1, -0.05) is 0 Å². The van der Waals surface area contributed by atoms with Gasteiger partial charge in [-0.3, -0.25) is 0 Å². The molecule has 0 amide bonds. The lowest BCUT2D eigenvalue weighted by atomic mass is 10.4. The molecule has 1 N–H and O–H groups in total. The molecule has 0 aliphatic rings. The molecule has 9 heavy (non-hydrogen) atoms. The van der Waals surface area contributed by atoms with Crippen molar-refractivity contribution in [2.75, 3.05) is 6.61 Å². The lowest BCUT2D eigenvalue weighted by Gasteiger charge is -2.07. The van der Waals surface area contributed by atoms with Crippen molar-refractivity contribution in [2.45, 2.75) is 26.1 Å². The van der Waals surface area contributed by atoms with E-state index in [1.165, 1.54) is 0 Å². The Balaban J connectivity index is 3.16. The molecule has 0 aromatic carbocycles. The first kappa shape index (κ1) is 8.59. The Morgan fingerprint density at radius 1 is 1.67 bits per heavy atom. The molecule has 0 rings (SSSR count). The van der Waals surface area contributed by atoms with E-state index in [1.54, 1.807) is 0 Å². The lowest BCUT2D eigenvalue weighted by Crippen LogP contribution is -2.19. The van der Waals surface area contributed by atoms with Crippen molar-refractivity contribution in [3.05, 3.63) is 0 Å². The highest BCUT2D eigenvalue weighted by atomic mass is 16.5. The van der Waals surface area contributed by atoms with Crippen LogP contribution >= 0.6 is 0 Å². The predicted octanol–water partition coefficient (Wildman–Crippen LogP) is -0.0288. The first-order chi connectivity index (χ1) is 4.16. The summed E-state index contributed by atoms with van der Waals surface area (Å²) in [6.07, 6.45) is -0.436. The van der Waals surface area contributed by atoms with Crippen LogP contribution in [0.1, 0.15) is 13.8 Å². The summed E-state index contributed by atoms with van der Waals surface area (Å²) >= 11 is 0. The van der Waals surface area contributed by atoms with Crippen LogP contribution in [-0.2, 0) is 9.53 Å². The van der Waals surface area contributed by atoms with Gasteiger partial charge in [-0.25, -0.2) is 0 Å². The maximum atomic E-state index is 9.79. The van der Waals surface area contributed by atoms with Gasteiger partial charge < -0.3 is 14.6 Å². The van der Waals surface area contributed by atoms with Gasteiger partial charge in [-0.2, -0.15) is 0 Å². The highest BCUT2D eigenvalue weighted by Gasteiger charge is 2.01. The normalized spacial score (nSPS) is 13.8. The Kier molecular flexibility index (Phi) is 4.26. The Bertz CT molecular complexity index is 80.4. The minimum atomic E-state index is -0.965. The Morgan fingerprint density at radius 3 is 2.56 bits per heavy atom. The van der Waals surface area contributed by atoms with E-state index in [9.17, 15) is 4.79 Å². The van der Waals surface area contributed by atoms with Gasteiger partial charge >= 0.3 is 0 Å². The number of carbonyl (C=O) groups is 1. The molecular weight excluding hydrogens is 120 g/mol. The van der Waals surface area contributed by atoms with Crippen molar-refractivity contribution in [3.8, 4) is 0 Å². The van der Waals surface area contributed by atoms with Gasteiger partial charge in [0.1, 0.15) is 6.10 Å². The maximum Gasteiger partial charge on any atom is 0.150 e. The van der Waals surface area contributed by atoms with Gasteiger partial charge in [0.2, 0.25) is 0 Å². The molecule has 0 heterocycles. The number of hydrogen-bond donors (Lipinski definition) is 1. The van der Waals surface area contributed by atoms with Gasteiger partial charge in [0.05, 0.1) is 12.7 Å². The molecule has 0 aromatic rings. The monoisotopic (exact) mass is 132 g/mol. The van der Waals surface area contributed by atoms with Crippen molar-refractivity contribution in [2.24, 2.45) is 0 Å². The first-order valence-corrected chi connectivity index (χ1v) is 2.91. The second kappa shape index (κ2) is 4.47. The zero-order chi connectivity index (χ0) is 7.28. The number of rotatable bonds is 4. The summed E-state index contributed by atoms with van der Waals surface area (Å²) < 4.78 is 4.91. The van der Waals surface area contributed by atoms with Crippen LogP contribution in [0.2, 0.25) is 0 Å². The van der Waals surface area contributed by atoms with Gasteiger partial charge in [0.15, 0.2) is 6.29 Å². The fraction of sp³-hybridized carbons (Fsp3) is 0.833. The fourth-order valence-electron chi connectivity index (χ4n) is 0.330. The SMILES string of the molecule is CC(C)OCC(O)C=O. The molecule has 0 aromatic heterocycles. The van der Waals surface area contributed by atoms with E-state index in [0.29, 0.717) is 6.29 Å². The summed E-state index contributed by atoms with van der Waals surface area (Å²) in [5, 5.41) is 8.61. The fourth-order valence-corrected chi connectivity index (χ4v) is 0.330. The van der Waals surface area contributed by atoms with Gasteiger partial charge in [0.25, 0.3) is 0 Å².